The van der Waals surface area contributed by atoms with Crippen molar-refractivity contribution >= 4 is 29.2 Å². The molecule has 0 fully saturated rings. The second kappa shape index (κ2) is 9.78. The van der Waals surface area contributed by atoms with Crippen molar-refractivity contribution in [1.29, 1.82) is 0 Å². The molecule has 32 heavy (non-hydrogen) atoms. The molecule has 0 spiro atoms. The van der Waals surface area contributed by atoms with Gasteiger partial charge in [0.05, 0.1) is 37.9 Å². The zero-order valence-electron chi connectivity index (χ0n) is 18.2. The summed E-state index contributed by atoms with van der Waals surface area (Å²) in [5.41, 5.74) is 2.52. The standard InChI is InChI=1S/C24H24ClNO6/c1-5-32-21-10-15(7-9-20(21)27)22-17(23(28)30-3)12-26(13-18(22)24(29)31-4)16-8-6-14(2)19(25)11-16/h6-13,22,27H,5H2,1-4H3. The third-order valence-corrected chi connectivity index (χ3v) is 5.50. The molecule has 2 aromatic rings. The van der Waals surface area contributed by atoms with Crippen LogP contribution < -0.4 is 9.64 Å². The molecule has 0 saturated carbocycles. The monoisotopic (exact) mass is 457 g/mol. The van der Waals surface area contributed by atoms with Gasteiger partial charge in [-0.05, 0) is 49.2 Å². The number of halogens is 1. The number of phenolic OH excluding ortho intramolecular Hbond substituents is 1. The quantitative estimate of drug-likeness (QED) is 0.640. The summed E-state index contributed by atoms with van der Waals surface area (Å²) < 4.78 is 15.5. The van der Waals surface area contributed by atoms with E-state index in [0.717, 1.165) is 5.56 Å². The summed E-state index contributed by atoms with van der Waals surface area (Å²) in [4.78, 5) is 27.2. The van der Waals surface area contributed by atoms with Gasteiger partial charge < -0.3 is 24.2 Å². The predicted molar refractivity (Wildman–Crippen MR) is 121 cm³/mol. The predicted octanol–water partition coefficient (Wildman–Crippen LogP) is 4.47. The van der Waals surface area contributed by atoms with E-state index < -0.39 is 17.9 Å². The molecule has 1 heterocycles. The van der Waals surface area contributed by atoms with Gasteiger partial charge in [0.25, 0.3) is 0 Å². The SMILES string of the molecule is CCOc1cc(C2C(C(=O)OC)=CN(c3ccc(C)c(Cl)c3)C=C2C(=O)OC)ccc1O. The van der Waals surface area contributed by atoms with Gasteiger partial charge in [-0.15, -0.1) is 0 Å². The summed E-state index contributed by atoms with van der Waals surface area (Å²) in [6, 6.07) is 10.1. The molecule has 2 aromatic carbocycles. The number of hydrogen-bond donors (Lipinski definition) is 1. The van der Waals surface area contributed by atoms with E-state index in [1.807, 2.05) is 19.1 Å². The summed E-state index contributed by atoms with van der Waals surface area (Å²) in [5.74, 6) is -1.83. The van der Waals surface area contributed by atoms with Gasteiger partial charge in [0.2, 0.25) is 0 Å². The van der Waals surface area contributed by atoms with Crippen molar-refractivity contribution in [2.24, 2.45) is 0 Å². The van der Waals surface area contributed by atoms with Crippen molar-refractivity contribution in [2.75, 3.05) is 25.7 Å². The minimum atomic E-state index is -0.799. The Hall–Kier alpha value is -3.45. The van der Waals surface area contributed by atoms with Crippen LogP contribution in [-0.2, 0) is 19.1 Å². The fourth-order valence-electron chi connectivity index (χ4n) is 3.46. The molecule has 0 unspecified atom stereocenters. The highest BCUT2D eigenvalue weighted by molar-refractivity contribution is 6.31. The van der Waals surface area contributed by atoms with Gasteiger partial charge in [-0.25, -0.2) is 9.59 Å². The van der Waals surface area contributed by atoms with Gasteiger partial charge in [-0.3, -0.25) is 0 Å². The highest BCUT2D eigenvalue weighted by atomic mass is 35.5. The van der Waals surface area contributed by atoms with E-state index in [1.54, 1.807) is 42.4 Å². The highest BCUT2D eigenvalue weighted by Gasteiger charge is 2.36. The number of esters is 2. The molecule has 7 nitrogen and oxygen atoms in total. The Labute approximate surface area is 191 Å². The number of carbonyl (C=O) groups is 2. The second-order valence-electron chi connectivity index (χ2n) is 7.09. The molecule has 0 amide bonds. The van der Waals surface area contributed by atoms with Crippen molar-refractivity contribution in [3.05, 3.63) is 76.1 Å². The van der Waals surface area contributed by atoms with Crippen molar-refractivity contribution in [1.82, 2.24) is 0 Å². The lowest BCUT2D eigenvalue weighted by Crippen LogP contribution is -2.28. The van der Waals surface area contributed by atoms with Gasteiger partial charge in [-0.1, -0.05) is 23.7 Å². The van der Waals surface area contributed by atoms with E-state index in [1.165, 1.54) is 20.3 Å². The molecule has 3 rings (SSSR count). The molecule has 0 bridgehead atoms. The van der Waals surface area contributed by atoms with Gasteiger partial charge in [0.15, 0.2) is 11.5 Å². The third kappa shape index (κ3) is 4.57. The number of rotatable bonds is 6. The Morgan fingerprint density at radius 3 is 2.19 bits per heavy atom. The molecule has 168 valence electrons. The van der Waals surface area contributed by atoms with Crippen molar-refractivity contribution in [3.63, 3.8) is 0 Å². The van der Waals surface area contributed by atoms with Crippen molar-refractivity contribution in [2.45, 2.75) is 19.8 Å². The van der Waals surface area contributed by atoms with Crippen LogP contribution in [0, 0.1) is 6.92 Å². The molecule has 1 aliphatic rings. The Balaban J connectivity index is 2.19. The maximum atomic E-state index is 12.8. The largest absolute Gasteiger partial charge is 0.504 e. The molecular weight excluding hydrogens is 434 g/mol. The highest BCUT2D eigenvalue weighted by Crippen LogP contribution is 2.41. The number of nitrogens with zero attached hydrogens (tertiary/aromatic N) is 1. The van der Waals surface area contributed by atoms with Crippen LogP contribution in [0.25, 0.3) is 0 Å². The lowest BCUT2D eigenvalue weighted by molar-refractivity contribution is -0.137. The lowest BCUT2D eigenvalue weighted by atomic mass is 9.83. The van der Waals surface area contributed by atoms with Crippen LogP contribution in [0.4, 0.5) is 5.69 Å². The number of benzene rings is 2. The van der Waals surface area contributed by atoms with Crippen LogP contribution in [0.15, 0.2) is 59.9 Å². The number of ether oxygens (including phenoxy) is 3. The summed E-state index contributed by atoms with van der Waals surface area (Å²) in [5, 5.41) is 10.6. The third-order valence-electron chi connectivity index (χ3n) is 5.09. The smallest absolute Gasteiger partial charge is 0.336 e. The average molecular weight is 458 g/mol. The summed E-state index contributed by atoms with van der Waals surface area (Å²) in [6.45, 7) is 4.00. The van der Waals surface area contributed by atoms with Crippen LogP contribution >= 0.6 is 11.6 Å². The van der Waals surface area contributed by atoms with E-state index in [9.17, 15) is 14.7 Å². The van der Waals surface area contributed by atoms with Gasteiger partial charge in [0, 0.05) is 23.1 Å². The van der Waals surface area contributed by atoms with Crippen LogP contribution in [0.1, 0.15) is 24.0 Å². The molecule has 8 heteroatoms. The fourth-order valence-corrected chi connectivity index (χ4v) is 3.64. The second-order valence-corrected chi connectivity index (χ2v) is 7.49. The number of phenols is 1. The summed E-state index contributed by atoms with van der Waals surface area (Å²) >= 11 is 6.28. The molecule has 0 aliphatic carbocycles. The van der Waals surface area contributed by atoms with Crippen LogP contribution in [0.2, 0.25) is 5.02 Å². The number of anilines is 1. The maximum Gasteiger partial charge on any atom is 0.336 e. The number of aromatic hydroxyl groups is 1. The van der Waals surface area contributed by atoms with Gasteiger partial charge in [-0.2, -0.15) is 0 Å². The van der Waals surface area contributed by atoms with E-state index >= 15 is 0 Å². The zero-order valence-corrected chi connectivity index (χ0v) is 19.0. The first-order chi connectivity index (χ1) is 15.3. The zero-order chi connectivity index (χ0) is 23.4. The molecule has 0 saturated heterocycles. The molecule has 0 atom stereocenters. The summed E-state index contributed by atoms with van der Waals surface area (Å²) in [6.07, 6.45) is 3.19. The number of methoxy groups -OCH3 is 2. The first kappa shape index (κ1) is 23.2. The Morgan fingerprint density at radius 2 is 1.66 bits per heavy atom. The van der Waals surface area contributed by atoms with E-state index in [2.05, 4.69) is 0 Å². The molecule has 0 radical (unpaired) electrons. The minimum absolute atomic E-state index is 0.0467. The van der Waals surface area contributed by atoms with E-state index in [-0.39, 0.29) is 22.6 Å². The van der Waals surface area contributed by atoms with E-state index in [0.29, 0.717) is 22.9 Å². The topological polar surface area (TPSA) is 85.3 Å². The van der Waals surface area contributed by atoms with Gasteiger partial charge >= 0.3 is 11.9 Å². The molecule has 0 aromatic heterocycles. The fraction of sp³-hybridized carbons (Fsp3) is 0.250. The normalized spacial score (nSPS) is 13.8. The first-order valence-electron chi connectivity index (χ1n) is 9.90. The Bertz CT molecular complexity index is 1070. The van der Waals surface area contributed by atoms with Crippen LogP contribution in [-0.4, -0.2) is 37.9 Å². The lowest BCUT2D eigenvalue weighted by Gasteiger charge is -2.30. The molecule has 1 aliphatic heterocycles. The number of carbonyl (C=O) groups excluding carboxylic acids is 2. The Kier molecular flexibility index (Phi) is 7.10. The van der Waals surface area contributed by atoms with E-state index in [4.69, 9.17) is 25.8 Å². The first-order valence-corrected chi connectivity index (χ1v) is 10.3. The maximum absolute atomic E-state index is 12.8. The van der Waals surface area contributed by atoms with Crippen molar-refractivity contribution < 1.29 is 28.9 Å². The Morgan fingerprint density at radius 1 is 1.03 bits per heavy atom. The molecule has 1 N–H and O–H groups in total. The molecular formula is C24H24ClNO6. The number of aryl methyl sites for hydroxylation is 1. The average Bonchev–Trinajstić information content (AvgIpc) is 2.80. The van der Waals surface area contributed by atoms with Crippen molar-refractivity contribution in [3.8, 4) is 11.5 Å². The minimum Gasteiger partial charge on any atom is -0.504 e. The van der Waals surface area contributed by atoms with Gasteiger partial charge in [0.1, 0.15) is 0 Å². The summed E-state index contributed by atoms with van der Waals surface area (Å²) in [7, 11) is 2.54. The number of hydrogen-bond acceptors (Lipinski definition) is 7. The van der Waals surface area contributed by atoms with Crippen LogP contribution in [0.3, 0.4) is 0 Å². The van der Waals surface area contributed by atoms with Crippen LogP contribution in [0.5, 0.6) is 11.5 Å².